The Kier molecular flexibility index (Phi) is 13.9. The maximum absolute atomic E-state index is 5.26. The molecule has 0 aliphatic carbocycles. The van der Waals surface area contributed by atoms with E-state index >= 15 is 0 Å². The zero-order valence-corrected chi connectivity index (χ0v) is 15.3. The Hall–Kier alpha value is -1.56. The average Bonchev–Trinajstić information content (AvgIpc) is 2.62. The summed E-state index contributed by atoms with van der Waals surface area (Å²) < 4.78 is 0. The summed E-state index contributed by atoms with van der Waals surface area (Å²) in [5, 5.41) is 0. The van der Waals surface area contributed by atoms with Gasteiger partial charge in [0.2, 0.25) is 0 Å². The fourth-order valence-corrected chi connectivity index (χ4v) is 2.95. The van der Waals surface area contributed by atoms with Crippen LogP contribution in [0.5, 0.6) is 0 Å². The van der Waals surface area contributed by atoms with Crippen molar-refractivity contribution >= 4 is 0 Å². The fraction of sp³-hybridized carbons (Fsp3) is 0.500. The van der Waals surface area contributed by atoms with Gasteiger partial charge in [0.1, 0.15) is 0 Å². The summed E-state index contributed by atoms with van der Waals surface area (Å²) in [7, 11) is 0. The second-order valence-corrected chi connectivity index (χ2v) is 6.57. The van der Waals surface area contributed by atoms with Gasteiger partial charge in [-0.1, -0.05) is 119 Å². The first kappa shape index (κ1) is 20.5. The standard InChI is InChI=1S/C24H35/c1-2-3-4-5-6-7-8-9-10-11-12-13-14-15-16-18-21-24-22-19-17-20-23-24/h1-6,17,19-20,22-23H,7-16,18,21H2. The highest BCUT2D eigenvalue weighted by molar-refractivity contribution is 5.14. The van der Waals surface area contributed by atoms with Gasteiger partial charge in [-0.15, -0.1) is 0 Å². The molecule has 1 aromatic rings. The molecule has 0 heterocycles. The Balaban J connectivity index is 1.77. The van der Waals surface area contributed by atoms with E-state index in [1.807, 2.05) is 12.2 Å². The molecule has 0 aliphatic heterocycles. The molecule has 0 spiro atoms. The molecule has 0 saturated heterocycles. The molecule has 1 aromatic carbocycles. The third kappa shape index (κ3) is 12.9. The number of unbranched alkanes of at least 4 members (excludes halogenated alkanes) is 10. The first-order valence-corrected chi connectivity index (χ1v) is 9.84. The van der Waals surface area contributed by atoms with Crippen LogP contribution in [0.1, 0.15) is 76.2 Å². The van der Waals surface area contributed by atoms with Gasteiger partial charge in [0.05, 0.1) is 0 Å². The van der Waals surface area contributed by atoms with Gasteiger partial charge >= 0.3 is 0 Å². The van der Waals surface area contributed by atoms with Crippen LogP contribution in [-0.2, 0) is 6.42 Å². The summed E-state index contributed by atoms with van der Waals surface area (Å²) in [6.45, 7) is 5.26. The first-order valence-electron chi connectivity index (χ1n) is 9.84. The van der Waals surface area contributed by atoms with Gasteiger partial charge in [0.15, 0.2) is 0 Å². The highest BCUT2D eigenvalue weighted by Gasteiger charge is 1.94. The van der Waals surface area contributed by atoms with Crippen molar-refractivity contribution in [1.82, 2.24) is 0 Å². The third-order valence-electron chi connectivity index (χ3n) is 4.40. The van der Waals surface area contributed by atoms with Crippen molar-refractivity contribution in [3.63, 3.8) is 0 Å². The van der Waals surface area contributed by atoms with Gasteiger partial charge in [0.25, 0.3) is 0 Å². The number of allylic oxidation sites excluding steroid dienone is 5. The topological polar surface area (TPSA) is 0 Å². The second kappa shape index (κ2) is 16.3. The van der Waals surface area contributed by atoms with Gasteiger partial charge in [-0.3, -0.25) is 0 Å². The Bertz CT molecular complexity index is 438. The SMILES string of the molecule is [CH]=CC=CC=CCCCCCCCCCCCCc1ccccc1. The van der Waals surface area contributed by atoms with Gasteiger partial charge in [-0.25, -0.2) is 0 Å². The van der Waals surface area contributed by atoms with E-state index in [-0.39, 0.29) is 0 Å². The molecule has 0 N–H and O–H groups in total. The lowest BCUT2D eigenvalue weighted by Gasteiger charge is -2.03. The van der Waals surface area contributed by atoms with Crippen molar-refractivity contribution in [3.8, 4) is 0 Å². The van der Waals surface area contributed by atoms with Crippen LogP contribution in [-0.4, -0.2) is 0 Å². The normalized spacial score (nSPS) is 11.5. The molecule has 1 radical (unpaired) electrons. The van der Waals surface area contributed by atoms with Gasteiger partial charge in [0, 0.05) is 0 Å². The summed E-state index contributed by atoms with van der Waals surface area (Å²) in [5.74, 6) is 0. The van der Waals surface area contributed by atoms with E-state index in [9.17, 15) is 0 Å². The highest BCUT2D eigenvalue weighted by atomic mass is 14.0. The van der Waals surface area contributed by atoms with Crippen LogP contribution in [0.4, 0.5) is 0 Å². The van der Waals surface area contributed by atoms with E-state index in [4.69, 9.17) is 6.58 Å². The van der Waals surface area contributed by atoms with E-state index in [0.717, 1.165) is 0 Å². The van der Waals surface area contributed by atoms with Crippen LogP contribution in [0.2, 0.25) is 0 Å². The number of aryl methyl sites for hydroxylation is 1. The molecule has 0 heteroatoms. The van der Waals surface area contributed by atoms with Gasteiger partial charge in [-0.2, -0.15) is 0 Å². The Morgan fingerprint density at radius 1 is 0.625 bits per heavy atom. The lowest BCUT2D eigenvalue weighted by Crippen LogP contribution is -1.86. The smallest absolute Gasteiger partial charge is 0.0279 e. The Morgan fingerprint density at radius 3 is 1.83 bits per heavy atom. The van der Waals surface area contributed by atoms with Crippen LogP contribution in [0, 0.1) is 6.58 Å². The van der Waals surface area contributed by atoms with Gasteiger partial charge in [-0.05, 0) is 31.2 Å². The van der Waals surface area contributed by atoms with Crippen molar-refractivity contribution in [2.24, 2.45) is 0 Å². The number of benzene rings is 1. The first-order chi connectivity index (χ1) is 11.9. The van der Waals surface area contributed by atoms with E-state index in [1.165, 1.54) is 82.6 Å². The minimum atomic E-state index is 1.19. The lowest BCUT2D eigenvalue weighted by atomic mass is 10.0. The number of hydrogen-bond donors (Lipinski definition) is 0. The van der Waals surface area contributed by atoms with E-state index < -0.39 is 0 Å². The number of hydrogen-bond acceptors (Lipinski definition) is 0. The van der Waals surface area contributed by atoms with E-state index in [2.05, 4.69) is 42.5 Å². The molecule has 0 fully saturated rings. The molecule has 0 bridgehead atoms. The van der Waals surface area contributed by atoms with Crippen molar-refractivity contribution in [2.45, 2.75) is 77.0 Å². The van der Waals surface area contributed by atoms with Crippen molar-refractivity contribution < 1.29 is 0 Å². The fourth-order valence-electron chi connectivity index (χ4n) is 2.95. The van der Waals surface area contributed by atoms with Crippen molar-refractivity contribution in [2.75, 3.05) is 0 Å². The number of rotatable bonds is 15. The predicted octanol–water partition coefficient (Wildman–Crippen LogP) is 7.62. The van der Waals surface area contributed by atoms with Crippen LogP contribution in [0.25, 0.3) is 0 Å². The second-order valence-electron chi connectivity index (χ2n) is 6.57. The van der Waals surface area contributed by atoms with E-state index in [1.54, 1.807) is 6.08 Å². The van der Waals surface area contributed by atoms with E-state index in [0.29, 0.717) is 0 Å². The molecule has 0 nitrogen and oxygen atoms in total. The van der Waals surface area contributed by atoms with Gasteiger partial charge < -0.3 is 0 Å². The summed E-state index contributed by atoms with van der Waals surface area (Å²) in [4.78, 5) is 0. The maximum atomic E-state index is 5.26. The summed E-state index contributed by atoms with van der Waals surface area (Å²) in [5.41, 5.74) is 1.49. The quantitative estimate of drug-likeness (QED) is 0.230. The molecule has 0 amide bonds. The van der Waals surface area contributed by atoms with Crippen LogP contribution in [0.15, 0.2) is 60.7 Å². The molecule has 0 atom stereocenters. The minimum Gasteiger partial charge on any atom is -0.0845 e. The monoisotopic (exact) mass is 323 g/mol. The largest absolute Gasteiger partial charge is 0.0845 e. The summed E-state index contributed by atoms with van der Waals surface area (Å²) >= 11 is 0. The lowest BCUT2D eigenvalue weighted by molar-refractivity contribution is 0.552. The molecule has 131 valence electrons. The zero-order valence-electron chi connectivity index (χ0n) is 15.3. The summed E-state index contributed by atoms with van der Waals surface area (Å²) in [6, 6.07) is 10.9. The molecular formula is C24H35. The molecular weight excluding hydrogens is 288 g/mol. The molecule has 0 aromatic heterocycles. The predicted molar refractivity (Wildman–Crippen MR) is 108 cm³/mol. The average molecular weight is 324 g/mol. The van der Waals surface area contributed by atoms with Crippen molar-refractivity contribution in [3.05, 3.63) is 72.9 Å². The molecule has 0 saturated carbocycles. The Morgan fingerprint density at radius 2 is 1.21 bits per heavy atom. The molecule has 1 rings (SSSR count). The zero-order chi connectivity index (χ0) is 17.1. The maximum Gasteiger partial charge on any atom is -0.0279 e. The molecule has 0 unspecified atom stereocenters. The highest BCUT2D eigenvalue weighted by Crippen LogP contribution is 2.13. The molecule has 24 heavy (non-hydrogen) atoms. The minimum absolute atomic E-state index is 1.19. The van der Waals surface area contributed by atoms with Crippen molar-refractivity contribution in [1.29, 1.82) is 0 Å². The van der Waals surface area contributed by atoms with Crippen LogP contribution >= 0.6 is 0 Å². The molecule has 0 aliphatic rings. The summed E-state index contributed by atoms with van der Waals surface area (Å²) in [6.07, 6.45) is 26.1. The third-order valence-corrected chi connectivity index (χ3v) is 4.40. The Labute approximate surface area is 150 Å². The van der Waals surface area contributed by atoms with Crippen LogP contribution in [0.3, 0.4) is 0 Å². The van der Waals surface area contributed by atoms with Crippen LogP contribution < -0.4 is 0 Å².